The largest absolute Gasteiger partial charge is 0.472 e. The second-order valence-electron chi connectivity index (χ2n) is 28.3. The van der Waals surface area contributed by atoms with Gasteiger partial charge in [0.05, 0.1) is 13.2 Å². The molecule has 0 heterocycles. The monoisotopic (exact) mass is 1340 g/mol. The number of rotatable bonds is 80. The van der Waals surface area contributed by atoms with Crippen LogP contribution in [0, 0.1) is 0 Å². The van der Waals surface area contributed by atoms with Crippen molar-refractivity contribution in [3.8, 4) is 0 Å². The van der Waals surface area contributed by atoms with Gasteiger partial charge in [0.2, 0.25) is 0 Å². The van der Waals surface area contributed by atoms with Gasteiger partial charge in [-0.3, -0.25) is 18.6 Å². The van der Waals surface area contributed by atoms with E-state index in [0.717, 1.165) is 57.8 Å². The van der Waals surface area contributed by atoms with Gasteiger partial charge in [0, 0.05) is 19.4 Å². The Hall–Kier alpha value is -2.03. The second kappa shape index (κ2) is 80.0. The van der Waals surface area contributed by atoms with Gasteiger partial charge in [-0.25, -0.2) is 4.57 Å². The first-order valence-electron chi connectivity index (χ1n) is 41.6. The highest BCUT2D eigenvalue weighted by Crippen LogP contribution is 2.43. The molecule has 2 unspecified atom stereocenters. The van der Waals surface area contributed by atoms with E-state index in [4.69, 9.17) is 24.3 Å². The zero-order chi connectivity index (χ0) is 67.9. The highest BCUT2D eigenvalue weighted by atomic mass is 31.2. The number of phosphoric ester groups is 1. The third kappa shape index (κ3) is 79.0. The molecule has 0 saturated heterocycles. The highest BCUT2D eigenvalue weighted by molar-refractivity contribution is 7.47. The van der Waals surface area contributed by atoms with E-state index in [1.54, 1.807) is 0 Å². The van der Waals surface area contributed by atoms with E-state index in [1.165, 1.54) is 353 Å². The summed E-state index contributed by atoms with van der Waals surface area (Å²) >= 11 is 0. The minimum Gasteiger partial charge on any atom is -0.462 e. The van der Waals surface area contributed by atoms with Crippen molar-refractivity contribution in [3.63, 3.8) is 0 Å². The van der Waals surface area contributed by atoms with Gasteiger partial charge in [-0.05, 0) is 51.4 Å². The molecule has 0 aromatic carbocycles. The quantitative estimate of drug-likeness (QED) is 0.0264. The van der Waals surface area contributed by atoms with Gasteiger partial charge >= 0.3 is 19.8 Å². The molecule has 10 heteroatoms. The average molecular weight is 1340 g/mol. The molecule has 0 bridgehead atoms. The fourth-order valence-electron chi connectivity index (χ4n) is 12.9. The fraction of sp³-hybridized carbons (Fsp3) is 0.881. The molecule has 0 radical (unpaired) electrons. The molecule has 94 heavy (non-hydrogen) atoms. The average Bonchev–Trinajstić information content (AvgIpc) is 3.51. The molecule has 0 aliphatic heterocycles. The molecule has 0 aromatic heterocycles. The van der Waals surface area contributed by atoms with Crippen molar-refractivity contribution in [2.45, 2.75) is 450 Å². The summed E-state index contributed by atoms with van der Waals surface area (Å²) in [5.41, 5.74) is 5.42. The lowest BCUT2D eigenvalue weighted by Crippen LogP contribution is -2.29. The van der Waals surface area contributed by atoms with Gasteiger partial charge in [-0.1, -0.05) is 428 Å². The summed E-state index contributed by atoms with van der Waals surface area (Å²) in [6.45, 7) is 3.72. The predicted octanol–water partition coefficient (Wildman–Crippen LogP) is 27.9. The van der Waals surface area contributed by atoms with Gasteiger partial charge in [0.25, 0.3) is 0 Å². The van der Waals surface area contributed by atoms with Crippen LogP contribution in [0.3, 0.4) is 0 Å². The van der Waals surface area contributed by atoms with Crippen LogP contribution in [0.4, 0.5) is 0 Å². The summed E-state index contributed by atoms with van der Waals surface area (Å²) in [6, 6.07) is 0. The number of hydrogen-bond acceptors (Lipinski definition) is 8. The Balaban J connectivity index is 3.71. The third-order valence-corrected chi connectivity index (χ3v) is 20.0. The van der Waals surface area contributed by atoms with E-state index in [2.05, 4.69) is 62.5 Å². The first kappa shape index (κ1) is 92.0. The second-order valence-corrected chi connectivity index (χ2v) is 29.8. The Bertz CT molecular complexity index is 1680. The number of carbonyl (C=O) groups excluding carboxylic acids is 2. The number of nitrogens with two attached hydrogens (primary N) is 1. The maximum atomic E-state index is 12.8. The van der Waals surface area contributed by atoms with Crippen LogP contribution >= 0.6 is 7.82 Å². The molecule has 0 rings (SSSR count). The predicted molar refractivity (Wildman–Crippen MR) is 409 cm³/mol. The Morgan fingerprint density at radius 1 is 0.330 bits per heavy atom. The number of hydrogen-bond donors (Lipinski definition) is 2. The van der Waals surface area contributed by atoms with Crippen molar-refractivity contribution >= 4 is 19.8 Å². The fourth-order valence-corrected chi connectivity index (χ4v) is 13.6. The number of carbonyl (C=O) groups is 2. The Morgan fingerprint density at radius 3 is 0.872 bits per heavy atom. The van der Waals surface area contributed by atoms with Crippen LogP contribution in [-0.4, -0.2) is 49.3 Å². The Morgan fingerprint density at radius 2 is 0.585 bits per heavy atom. The van der Waals surface area contributed by atoms with Crippen molar-refractivity contribution in [2.24, 2.45) is 5.73 Å². The van der Waals surface area contributed by atoms with Crippen molar-refractivity contribution in [2.75, 3.05) is 26.4 Å². The zero-order valence-corrected chi connectivity index (χ0v) is 63.6. The minimum atomic E-state index is -4.39. The Kier molecular flexibility index (Phi) is 78.2. The molecule has 0 fully saturated rings. The van der Waals surface area contributed by atoms with Gasteiger partial charge in [-0.2, -0.15) is 0 Å². The van der Waals surface area contributed by atoms with Crippen LogP contribution in [0.1, 0.15) is 444 Å². The van der Waals surface area contributed by atoms with Crippen molar-refractivity contribution in [3.05, 3.63) is 48.6 Å². The molecule has 0 aliphatic rings. The van der Waals surface area contributed by atoms with Crippen LogP contribution in [0.2, 0.25) is 0 Å². The van der Waals surface area contributed by atoms with E-state index in [9.17, 15) is 19.0 Å². The van der Waals surface area contributed by atoms with Crippen molar-refractivity contribution in [1.82, 2.24) is 0 Å². The van der Waals surface area contributed by atoms with Gasteiger partial charge in [0.15, 0.2) is 6.10 Å². The summed E-state index contributed by atoms with van der Waals surface area (Å²) in [4.78, 5) is 35.5. The smallest absolute Gasteiger partial charge is 0.462 e. The number of ether oxygens (including phenoxy) is 2. The summed E-state index contributed by atoms with van der Waals surface area (Å²) in [6.07, 6.45) is 104. The van der Waals surface area contributed by atoms with Crippen LogP contribution in [0.15, 0.2) is 48.6 Å². The molecule has 0 aliphatic carbocycles. The first-order valence-corrected chi connectivity index (χ1v) is 43.1. The standard InChI is InChI=1S/C84H160NO8P/c1-3-5-7-9-11-13-15-17-19-21-23-25-27-29-31-33-35-37-38-39-40-41-42-43-45-46-48-50-52-54-56-58-60-62-64-66-68-70-72-74-76-83(86)90-80-82(81-92-94(88,89)91-79-78-85)93-84(87)77-75-73-71-69-67-65-63-61-59-57-55-53-51-49-47-44-36-34-32-30-28-26-24-22-20-18-16-14-12-10-8-6-4-2/h6,8,12,14,18,20,24,26,82H,3-5,7,9-11,13,15-17,19,21-23,25,27-81,85H2,1-2H3,(H,88,89)/b8-6-,14-12-,20-18-,26-24-. The normalized spacial score (nSPS) is 13.0. The van der Waals surface area contributed by atoms with E-state index in [1.807, 2.05) is 0 Å². The Labute approximate surface area is 585 Å². The number of phosphoric acid groups is 1. The molecule has 0 aromatic rings. The van der Waals surface area contributed by atoms with Crippen LogP contribution in [0.25, 0.3) is 0 Å². The van der Waals surface area contributed by atoms with Crippen LogP contribution in [-0.2, 0) is 32.7 Å². The zero-order valence-electron chi connectivity index (χ0n) is 62.7. The molecule has 9 nitrogen and oxygen atoms in total. The molecule has 3 N–H and O–H groups in total. The first-order chi connectivity index (χ1) is 46.3. The molecule has 2 atom stereocenters. The SMILES string of the molecule is CC/C=C\C/C=C\C/C=C\C/C=C\CCCCCCCCCCCCCCCCCCCCCCC(=O)OC(COC(=O)CCCCCCCCCCCCCCCCCCCCCCCCCCCCCCCCCCCCCCCCCC)COP(=O)(O)OCCN. The van der Waals surface area contributed by atoms with Gasteiger partial charge in [-0.15, -0.1) is 0 Å². The number of unbranched alkanes of at least 4 members (excludes halogenated alkanes) is 59. The van der Waals surface area contributed by atoms with Crippen LogP contribution < -0.4 is 5.73 Å². The lowest BCUT2D eigenvalue weighted by Gasteiger charge is -2.19. The van der Waals surface area contributed by atoms with E-state index in [0.29, 0.717) is 6.42 Å². The summed E-state index contributed by atoms with van der Waals surface area (Å²) < 4.78 is 33.3. The van der Waals surface area contributed by atoms with Crippen molar-refractivity contribution in [1.29, 1.82) is 0 Å². The van der Waals surface area contributed by atoms with Crippen molar-refractivity contribution < 1.29 is 37.6 Å². The van der Waals surface area contributed by atoms with E-state index >= 15 is 0 Å². The maximum Gasteiger partial charge on any atom is 0.472 e. The lowest BCUT2D eigenvalue weighted by atomic mass is 10.0. The van der Waals surface area contributed by atoms with E-state index < -0.39 is 26.5 Å². The van der Waals surface area contributed by atoms with Gasteiger partial charge < -0.3 is 20.1 Å². The minimum absolute atomic E-state index is 0.0560. The highest BCUT2D eigenvalue weighted by Gasteiger charge is 2.26. The number of allylic oxidation sites excluding steroid dienone is 8. The molecular formula is C84H160NO8P. The molecule has 0 amide bonds. The van der Waals surface area contributed by atoms with Gasteiger partial charge in [0.1, 0.15) is 6.61 Å². The summed E-state index contributed by atoms with van der Waals surface area (Å²) in [7, 11) is -4.39. The summed E-state index contributed by atoms with van der Waals surface area (Å²) in [5.74, 6) is -0.801. The van der Waals surface area contributed by atoms with Crippen LogP contribution in [0.5, 0.6) is 0 Å². The molecule has 0 spiro atoms. The summed E-state index contributed by atoms with van der Waals surface area (Å²) in [5, 5.41) is 0. The number of esters is 2. The third-order valence-electron chi connectivity index (χ3n) is 19.0. The van der Waals surface area contributed by atoms with E-state index in [-0.39, 0.29) is 38.6 Å². The lowest BCUT2D eigenvalue weighted by molar-refractivity contribution is -0.161. The molecule has 554 valence electrons. The molecular weight excluding hydrogens is 1180 g/mol. The molecule has 0 saturated carbocycles. The maximum absolute atomic E-state index is 12.8. The topological polar surface area (TPSA) is 134 Å².